The largest absolute Gasteiger partial charge is 0.331 e. The van der Waals surface area contributed by atoms with Gasteiger partial charge in [-0.3, -0.25) is 19.5 Å². The fourth-order valence-electron chi connectivity index (χ4n) is 4.42. The number of likely N-dealkylation sites (N-methyl/N-ethyl adjacent to an activating group) is 1. The van der Waals surface area contributed by atoms with Crippen molar-refractivity contribution in [3.8, 4) is 16.8 Å². The number of aromatic amines is 1. The van der Waals surface area contributed by atoms with Crippen LogP contribution in [0.4, 0.5) is 0 Å². The van der Waals surface area contributed by atoms with Crippen LogP contribution in [0.25, 0.3) is 16.8 Å². The van der Waals surface area contributed by atoms with Gasteiger partial charge in [0.2, 0.25) is 0 Å². The number of H-pyrrole nitrogens is 1. The molecule has 184 valence electrons. The quantitative estimate of drug-likeness (QED) is 0.330. The molecule has 4 rings (SSSR count). The van der Waals surface area contributed by atoms with E-state index in [1.165, 1.54) is 9.58 Å². The van der Waals surface area contributed by atoms with E-state index in [4.69, 9.17) is 0 Å². The average molecular weight is 482 g/mol. The van der Waals surface area contributed by atoms with Crippen LogP contribution in [0.5, 0.6) is 0 Å². The van der Waals surface area contributed by atoms with Crippen LogP contribution < -0.4 is 5.56 Å². The molecule has 0 bridgehead atoms. The van der Waals surface area contributed by atoms with E-state index in [1.54, 1.807) is 12.1 Å². The van der Waals surface area contributed by atoms with Gasteiger partial charge in [0.15, 0.2) is 5.78 Å². The lowest BCUT2D eigenvalue weighted by Gasteiger charge is -2.20. The first kappa shape index (κ1) is 24.9. The van der Waals surface area contributed by atoms with Crippen molar-refractivity contribution in [3.63, 3.8) is 0 Å². The smallest absolute Gasteiger partial charge is 0.282 e. The summed E-state index contributed by atoms with van der Waals surface area (Å²) in [5.74, 6) is -0.604. The van der Waals surface area contributed by atoms with Gasteiger partial charge in [0.1, 0.15) is 5.56 Å². The van der Waals surface area contributed by atoms with Crippen molar-refractivity contribution in [2.24, 2.45) is 0 Å². The minimum Gasteiger partial charge on any atom is -0.331 e. The number of carbonyl (C=O) groups excluding carboxylic acids is 2. The molecular formula is C30H31N3O3. The molecule has 3 aromatic carbocycles. The third-order valence-corrected chi connectivity index (χ3v) is 6.45. The van der Waals surface area contributed by atoms with Gasteiger partial charge in [0.05, 0.1) is 12.2 Å². The van der Waals surface area contributed by atoms with Gasteiger partial charge < -0.3 is 4.90 Å². The first-order valence-corrected chi connectivity index (χ1v) is 12.4. The third kappa shape index (κ3) is 4.93. The normalized spacial score (nSPS) is 10.9. The molecule has 0 unspecified atom stereocenters. The second-order valence-electron chi connectivity index (χ2n) is 8.63. The number of aromatic nitrogens is 2. The van der Waals surface area contributed by atoms with Gasteiger partial charge in [-0.2, -0.15) is 0 Å². The molecule has 0 spiro atoms. The van der Waals surface area contributed by atoms with Crippen LogP contribution in [-0.2, 0) is 12.8 Å². The average Bonchev–Trinajstić information content (AvgIpc) is 3.27. The summed E-state index contributed by atoms with van der Waals surface area (Å²) < 4.78 is 1.45. The van der Waals surface area contributed by atoms with Crippen molar-refractivity contribution in [2.75, 3.05) is 13.1 Å². The molecule has 1 aromatic heterocycles. The van der Waals surface area contributed by atoms with E-state index >= 15 is 0 Å². The first-order chi connectivity index (χ1) is 17.5. The molecule has 0 radical (unpaired) electrons. The minimum atomic E-state index is -0.381. The molecule has 6 heteroatoms. The fraction of sp³-hybridized carbons (Fsp3) is 0.233. The topological polar surface area (TPSA) is 75.2 Å². The second-order valence-corrected chi connectivity index (χ2v) is 8.63. The van der Waals surface area contributed by atoms with Gasteiger partial charge in [0.25, 0.3) is 11.5 Å². The Hall–Kier alpha value is -4.19. The predicted molar refractivity (Wildman–Crippen MR) is 143 cm³/mol. The van der Waals surface area contributed by atoms with Crippen molar-refractivity contribution >= 4 is 11.7 Å². The number of benzene rings is 3. The zero-order valence-corrected chi connectivity index (χ0v) is 21.0. The molecule has 1 N–H and O–H groups in total. The monoisotopic (exact) mass is 481 g/mol. The van der Waals surface area contributed by atoms with Crippen LogP contribution in [0.1, 0.15) is 52.7 Å². The molecule has 0 atom stereocenters. The maximum atomic E-state index is 13.4. The van der Waals surface area contributed by atoms with Crippen LogP contribution in [-0.4, -0.2) is 39.5 Å². The summed E-state index contributed by atoms with van der Waals surface area (Å²) in [6.07, 6.45) is 1.26. The SMILES string of the molecule is CCc1ccccc1-n1[nH]c(CC)c(C(=O)CN(CC)C(=O)c2ccc(-c3ccccc3)cc2)c1=O. The first-order valence-electron chi connectivity index (χ1n) is 12.4. The van der Waals surface area contributed by atoms with E-state index in [1.807, 2.05) is 87.5 Å². The van der Waals surface area contributed by atoms with E-state index in [0.717, 1.165) is 28.8 Å². The Bertz CT molecular complexity index is 1420. The molecular weight excluding hydrogens is 450 g/mol. The summed E-state index contributed by atoms with van der Waals surface area (Å²) in [5, 5.41) is 3.13. The van der Waals surface area contributed by atoms with Crippen LogP contribution in [0.2, 0.25) is 0 Å². The summed E-state index contributed by atoms with van der Waals surface area (Å²) in [5.41, 5.74) is 4.64. The Morgan fingerprint density at radius 2 is 1.44 bits per heavy atom. The van der Waals surface area contributed by atoms with Gasteiger partial charge in [-0.15, -0.1) is 0 Å². The highest BCUT2D eigenvalue weighted by molar-refractivity contribution is 6.02. The molecule has 0 saturated carbocycles. The highest BCUT2D eigenvalue weighted by atomic mass is 16.2. The van der Waals surface area contributed by atoms with Gasteiger partial charge in [-0.1, -0.05) is 74.5 Å². The third-order valence-electron chi connectivity index (χ3n) is 6.45. The molecule has 6 nitrogen and oxygen atoms in total. The van der Waals surface area contributed by atoms with Gasteiger partial charge in [0, 0.05) is 17.8 Å². The number of ketones is 1. The number of nitrogens with one attached hydrogen (secondary N) is 1. The number of aryl methyl sites for hydroxylation is 2. The number of hydrogen-bond donors (Lipinski definition) is 1. The number of hydrogen-bond acceptors (Lipinski definition) is 3. The van der Waals surface area contributed by atoms with Crippen molar-refractivity contribution in [1.29, 1.82) is 0 Å². The highest BCUT2D eigenvalue weighted by Crippen LogP contribution is 2.20. The number of carbonyl (C=O) groups is 2. The number of amides is 1. The molecule has 0 fully saturated rings. The zero-order valence-electron chi connectivity index (χ0n) is 21.0. The Labute approximate surface area is 211 Å². The van der Waals surface area contributed by atoms with Crippen molar-refractivity contribution < 1.29 is 9.59 Å². The molecule has 1 amide bonds. The molecule has 1 heterocycles. The molecule has 4 aromatic rings. The second kappa shape index (κ2) is 11.0. The molecule has 0 saturated heterocycles. The summed E-state index contributed by atoms with van der Waals surface area (Å²) >= 11 is 0. The summed E-state index contributed by atoms with van der Waals surface area (Å²) in [7, 11) is 0. The molecule has 36 heavy (non-hydrogen) atoms. The molecule has 0 aliphatic rings. The minimum absolute atomic E-state index is 0.120. The van der Waals surface area contributed by atoms with Crippen LogP contribution in [0, 0.1) is 0 Å². The van der Waals surface area contributed by atoms with Crippen molar-refractivity contribution in [1.82, 2.24) is 14.7 Å². The lowest BCUT2D eigenvalue weighted by molar-refractivity contribution is 0.0717. The van der Waals surface area contributed by atoms with Gasteiger partial charge in [-0.25, -0.2) is 4.68 Å². The van der Waals surface area contributed by atoms with E-state index in [0.29, 0.717) is 24.2 Å². The van der Waals surface area contributed by atoms with E-state index in [-0.39, 0.29) is 29.4 Å². The maximum Gasteiger partial charge on any atom is 0.282 e. The zero-order chi connectivity index (χ0) is 25.7. The lowest BCUT2D eigenvalue weighted by atomic mass is 10.0. The van der Waals surface area contributed by atoms with Gasteiger partial charge in [-0.05, 0) is 54.7 Å². The highest BCUT2D eigenvalue weighted by Gasteiger charge is 2.25. The molecule has 0 aliphatic carbocycles. The van der Waals surface area contributed by atoms with Gasteiger partial charge >= 0.3 is 0 Å². The predicted octanol–water partition coefficient (Wildman–Crippen LogP) is 5.30. The molecule has 0 aliphatic heterocycles. The van der Waals surface area contributed by atoms with Crippen LogP contribution in [0.3, 0.4) is 0 Å². The van der Waals surface area contributed by atoms with Crippen molar-refractivity contribution in [3.05, 3.63) is 112 Å². The van der Waals surface area contributed by atoms with Crippen LogP contribution in [0.15, 0.2) is 83.7 Å². The van der Waals surface area contributed by atoms with E-state index < -0.39 is 0 Å². The Morgan fingerprint density at radius 3 is 2.08 bits per heavy atom. The van der Waals surface area contributed by atoms with Crippen molar-refractivity contribution in [2.45, 2.75) is 33.6 Å². The standard InChI is InChI=1S/C30H31N3O3/c1-4-21-12-10-11-15-26(21)33-30(36)28(25(5-2)31-33)27(34)20-32(6-3)29(35)24-18-16-23(17-19-24)22-13-8-7-9-14-22/h7-19,31H,4-6,20H2,1-3H3. The Kier molecular flexibility index (Phi) is 7.64. The summed E-state index contributed by atoms with van der Waals surface area (Å²) in [6, 6.07) is 24.9. The maximum absolute atomic E-state index is 13.4. The summed E-state index contributed by atoms with van der Waals surface area (Å²) in [6.45, 7) is 5.94. The number of Topliss-reactive ketones (excluding diaryl/α,β-unsaturated/α-hetero) is 1. The Morgan fingerprint density at radius 1 is 0.806 bits per heavy atom. The number of rotatable bonds is 9. The Balaban J connectivity index is 1.58. The fourth-order valence-corrected chi connectivity index (χ4v) is 4.42. The van der Waals surface area contributed by atoms with E-state index in [9.17, 15) is 14.4 Å². The number of nitrogens with zero attached hydrogens (tertiary/aromatic N) is 2. The summed E-state index contributed by atoms with van der Waals surface area (Å²) in [4.78, 5) is 41.4. The van der Waals surface area contributed by atoms with E-state index in [2.05, 4.69) is 5.10 Å². The lowest BCUT2D eigenvalue weighted by Crippen LogP contribution is -2.37. The number of para-hydroxylation sites is 1. The van der Waals surface area contributed by atoms with Crippen LogP contribution >= 0.6 is 0 Å².